The highest BCUT2D eigenvalue weighted by Gasteiger charge is 2.18. The number of fused-ring (bicyclic) bond motifs is 1. The molecule has 0 unspecified atom stereocenters. The lowest BCUT2D eigenvalue weighted by atomic mass is 10.2. The minimum Gasteiger partial charge on any atom is -0.490 e. The number of aromatic nitrogens is 2. The van der Waals surface area contributed by atoms with Gasteiger partial charge < -0.3 is 10.1 Å². The van der Waals surface area contributed by atoms with Gasteiger partial charge in [0.1, 0.15) is 5.69 Å². The largest absolute Gasteiger partial charge is 0.490 e. The number of carbonyl (C=O) groups is 1. The van der Waals surface area contributed by atoms with E-state index in [1.165, 1.54) is 36.6 Å². The van der Waals surface area contributed by atoms with E-state index in [9.17, 15) is 14.9 Å². The van der Waals surface area contributed by atoms with Crippen molar-refractivity contribution in [2.24, 2.45) is 0 Å². The molecular formula is C14H12N4O4S. The number of nitro benzene ring substituents is 1. The molecule has 0 saturated carbocycles. The summed E-state index contributed by atoms with van der Waals surface area (Å²) in [5.41, 5.74) is 0.330. The summed E-state index contributed by atoms with van der Waals surface area (Å²) in [6, 6.07) is 4.22. The zero-order valence-corrected chi connectivity index (χ0v) is 13.1. The number of thiazole rings is 1. The van der Waals surface area contributed by atoms with Crippen molar-refractivity contribution >= 4 is 33.6 Å². The maximum absolute atomic E-state index is 12.2. The molecule has 0 atom stereocenters. The van der Waals surface area contributed by atoms with Crippen molar-refractivity contribution in [3.05, 3.63) is 51.3 Å². The smallest absolute Gasteiger partial charge is 0.312 e. The van der Waals surface area contributed by atoms with Crippen LogP contribution in [-0.4, -0.2) is 27.3 Å². The second-order valence-electron chi connectivity index (χ2n) is 4.76. The number of nitrogens with one attached hydrogen (secondary N) is 1. The average Bonchev–Trinajstić information content (AvgIpc) is 3.04. The fraction of sp³-hybridized carbons (Fsp3) is 0.143. The lowest BCUT2D eigenvalue weighted by Gasteiger charge is -2.05. The Kier molecular flexibility index (Phi) is 3.70. The van der Waals surface area contributed by atoms with Crippen molar-refractivity contribution in [2.75, 3.05) is 12.4 Å². The number of ether oxygens (including phenoxy) is 1. The zero-order valence-electron chi connectivity index (χ0n) is 12.3. The Bertz CT molecular complexity index is 883. The summed E-state index contributed by atoms with van der Waals surface area (Å²) in [7, 11) is 1.35. The number of anilines is 1. The fourth-order valence-corrected chi connectivity index (χ4v) is 2.93. The third kappa shape index (κ3) is 2.86. The highest BCUT2D eigenvalue weighted by atomic mass is 32.1. The van der Waals surface area contributed by atoms with Gasteiger partial charge in [-0.05, 0) is 19.1 Å². The molecule has 1 amide bonds. The van der Waals surface area contributed by atoms with Crippen molar-refractivity contribution in [3.63, 3.8) is 0 Å². The molecule has 0 spiro atoms. The van der Waals surface area contributed by atoms with Crippen molar-refractivity contribution < 1.29 is 14.5 Å². The van der Waals surface area contributed by atoms with E-state index in [-0.39, 0.29) is 17.1 Å². The van der Waals surface area contributed by atoms with Crippen LogP contribution in [0.2, 0.25) is 0 Å². The second-order valence-corrected chi connectivity index (χ2v) is 5.97. The van der Waals surface area contributed by atoms with E-state index < -0.39 is 10.8 Å². The second kappa shape index (κ2) is 5.69. The first-order valence-corrected chi connectivity index (χ1v) is 7.38. The lowest BCUT2D eigenvalue weighted by molar-refractivity contribution is -0.385. The van der Waals surface area contributed by atoms with Crippen LogP contribution < -0.4 is 10.1 Å². The number of nitrogens with zero attached hydrogens (tertiary/aromatic N) is 3. The predicted octanol–water partition coefficient (Wildman–Crippen LogP) is 2.87. The molecule has 3 aromatic rings. The number of aryl methyl sites for hydroxylation is 1. The van der Waals surface area contributed by atoms with Gasteiger partial charge in [-0.2, -0.15) is 0 Å². The van der Waals surface area contributed by atoms with Gasteiger partial charge in [0.25, 0.3) is 5.91 Å². The Morgan fingerprint density at radius 1 is 1.43 bits per heavy atom. The Morgan fingerprint density at radius 2 is 2.22 bits per heavy atom. The average molecular weight is 332 g/mol. The maximum atomic E-state index is 12.2. The minimum atomic E-state index is -0.566. The van der Waals surface area contributed by atoms with Crippen molar-refractivity contribution in [3.8, 4) is 5.75 Å². The number of methoxy groups -OCH3 is 1. The van der Waals surface area contributed by atoms with E-state index >= 15 is 0 Å². The van der Waals surface area contributed by atoms with E-state index in [1.807, 2.05) is 13.1 Å². The molecule has 8 nitrogen and oxygen atoms in total. The molecule has 0 aliphatic carbocycles. The summed E-state index contributed by atoms with van der Waals surface area (Å²) < 4.78 is 6.69. The quantitative estimate of drug-likeness (QED) is 0.585. The van der Waals surface area contributed by atoms with Crippen molar-refractivity contribution in [2.45, 2.75) is 6.92 Å². The first-order chi connectivity index (χ1) is 11.0. The van der Waals surface area contributed by atoms with Gasteiger partial charge in [0.2, 0.25) is 0 Å². The fourth-order valence-electron chi connectivity index (χ4n) is 2.13. The first kappa shape index (κ1) is 15.0. The third-order valence-corrected chi connectivity index (χ3v) is 4.05. The van der Waals surface area contributed by atoms with Crippen LogP contribution in [0.1, 0.15) is 15.4 Å². The molecule has 0 saturated heterocycles. The molecule has 9 heteroatoms. The topological polar surface area (TPSA) is 98.8 Å². The number of hydrogen-bond donors (Lipinski definition) is 1. The van der Waals surface area contributed by atoms with E-state index in [2.05, 4.69) is 10.3 Å². The van der Waals surface area contributed by atoms with Crippen LogP contribution in [-0.2, 0) is 0 Å². The maximum Gasteiger partial charge on any atom is 0.312 e. The van der Waals surface area contributed by atoms with Gasteiger partial charge in [-0.15, -0.1) is 11.3 Å². The Morgan fingerprint density at radius 3 is 2.87 bits per heavy atom. The van der Waals surface area contributed by atoms with Gasteiger partial charge in [0, 0.05) is 29.0 Å². The molecule has 0 radical (unpaired) electrons. The number of nitro groups is 1. The van der Waals surface area contributed by atoms with Gasteiger partial charge in [-0.3, -0.25) is 19.3 Å². The van der Waals surface area contributed by atoms with Gasteiger partial charge in [-0.1, -0.05) is 0 Å². The molecule has 0 aliphatic heterocycles. The number of hydrogen-bond acceptors (Lipinski definition) is 6. The number of benzene rings is 1. The number of imidazole rings is 1. The molecule has 2 aromatic heterocycles. The molecule has 1 N–H and O–H groups in total. The number of rotatable bonds is 4. The van der Waals surface area contributed by atoms with Gasteiger partial charge in [-0.25, -0.2) is 4.98 Å². The van der Waals surface area contributed by atoms with Crippen LogP contribution >= 0.6 is 11.3 Å². The standard InChI is InChI=1S/C14H12N4O4S/c1-8-6-17-7-10(16-14(17)23-8)13(19)15-9-3-4-12(22-2)11(5-9)18(20)21/h3-7H,1-2H3,(H,15,19). The SMILES string of the molecule is COc1ccc(NC(=O)c2cn3cc(C)sc3n2)cc1[N+](=O)[O-]. The van der Waals surface area contributed by atoms with E-state index in [0.29, 0.717) is 10.6 Å². The summed E-state index contributed by atoms with van der Waals surface area (Å²) >= 11 is 1.47. The molecule has 118 valence electrons. The normalized spacial score (nSPS) is 10.7. The monoisotopic (exact) mass is 332 g/mol. The highest BCUT2D eigenvalue weighted by Crippen LogP contribution is 2.29. The summed E-state index contributed by atoms with van der Waals surface area (Å²) in [4.78, 5) is 28.7. The van der Waals surface area contributed by atoms with Crippen LogP contribution in [0.4, 0.5) is 11.4 Å². The van der Waals surface area contributed by atoms with Crippen molar-refractivity contribution in [1.82, 2.24) is 9.38 Å². The molecular weight excluding hydrogens is 320 g/mol. The summed E-state index contributed by atoms with van der Waals surface area (Å²) in [5, 5.41) is 13.6. The lowest BCUT2D eigenvalue weighted by Crippen LogP contribution is -2.12. The van der Waals surface area contributed by atoms with Gasteiger partial charge in [0.15, 0.2) is 10.7 Å². The Hall–Kier alpha value is -2.94. The summed E-state index contributed by atoms with van der Waals surface area (Å²) in [6.07, 6.45) is 3.49. The van der Waals surface area contributed by atoms with E-state index in [1.54, 1.807) is 10.6 Å². The number of amides is 1. The van der Waals surface area contributed by atoms with Gasteiger partial charge in [0.05, 0.1) is 12.0 Å². The van der Waals surface area contributed by atoms with E-state index in [4.69, 9.17) is 4.74 Å². The zero-order chi connectivity index (χ0) is 16.6. The molecule has 1 aromatic carbocycles. The van der Waals surface area contributed by atoms with Gasteiger partial charge >= 0.3 is 5.69 Å². The molecule has 0 fully saturated rings. The molecule has 23 heavy (non-hydrogen) atoms. The first-order valence-electron chi connectivity index (χ1n) is 6.57. The van der Waals surface area contributed by atoms with Crippen LogP contribution in [0.3, 0.4) is 0 Å². The Balaban J connectivity index is 1.85. The third-order valence-electron chi connectivity index (χ3n) is 3.14. The molecule has 0 bridgehead atoms. The predicted molar refractivity (Wildman–Crippen MR) is 85.4 cm³/mol. The highest BCUT2D eigenvalue weighted by molar-refractivity contribution is 7.17. The van der Waals surface area contributed by atoms with Crippen molar-refractivity contribution in [1.29, 1.82) is 0 Å². The summed E-state index contributed by atoms with van der Waals surface area (Å²) in [5.74, 6) is -0.302. The van der Waals surface area contributed by atoms with Crippen LogP contribution in [0.5, 0.6) is 5.75 Å². The van der Waals surface area contributed by atoms with Crippen LogP contribution in [0, 0.1) is 17.0 Å². The number of carbonyl (C=O) groups excluding carboxylic acids is 1. The van der Waals surface area contributed by atoms with E-state index in [0.717, 1.165) is 4.88 Å². The molecule has 3 rings (SSSR count). The van der Waals surface area contributed by atoms with Crippen LogP contribution in [0.25, 0.3) is 4.96 Å². The summed E-state index contributed by atoms with van der Waals surface area (Å²) in [6.45, 7) is 1.95. The Labute approximate surface area is 134 Å². The van der Waals surface area contributed by atoms with Crippen LogP contribution in [0.15, 0.2) is 30.6 Å². The molecule has 2 heterocycles. The minimum absolute atomic E-state index is 0.131. The molecule has 0 aliphatic rings.